The Morgan fingerprint density at radius 2 is 1.92 bits per heavy atom. The molecule has 0 fully saturated rings. The SMILES string of the molecule is CCOC(=O)c1sc(CC(=O)/C(C#N)=C\c2ccc(Sc3ccc(Cl)cc3)c([N+](=O)[O-])c2)c(C#N)c1C. The molecule has 186 valence electrons. The van der Waals surface area contributed by atoms with Gasteiger partial charge in [0.25, 0.3) is 5.69 Å². The van der Waals surface area contributed by atoms with Crippen LogP contribution in [-0.2, 0) is 16.0 Å². The summed E-state index contributed by atoms with van der Waals surface area (Å²) in [5, 5.41) is 31.4. The van der Waals surface area contributed by atoms with Crippen molar-refractivity contribution in [1.29, 1.82) is 10.5 Å². The highest BCUT2D eigenvalue weighted by molar-refractivity contribution is 7.99. The predicted octanol–water partition coefficient (Wildman–Crippen LogP) is 6.54. The highest BCUT2D eigenvalue weighted by Crippen LogP contribution is 2.36. The van der Waals surface area contributed by atoms with E-state index in [2.05, 4.69) is 0 Å². The van der Waals surface area contributed by atoms with E-state index >= 15 is 0 Å². The number of nitro benzene ring substituents is 1. The molecule has 0 saturated carbocycles. The van der Waals surface area contributed by atoms with Crippen LogP contribution in [-0.4, -0.2) is 23.3 Å². The molecule has 3 rings (SSSR count). The van der Waals surface area contributed by atoms with E-state index in [1.807, 2.05) is 12.1 Å². The van der Waals surface area contributed by atoms with Crippen LogP contribution in [0.4, 0.5) is 5.69 Å². The van der Waals surface area contributed by atoms with E-state index in [1.165, 1.54) is 23.9 Å². The van der Waals surface area contributed by atoms with Gasteiger partial charge in [-0.3, -0.25) is 14.9 Å². The van der Waals surface area contributed by atoms with Gasteiger partial charge in [0.2, 0.25) is 0 Å². The lowest BCUT2D eigenvalue weighted by atomic mass is 10.0. The molecule has 0 N–H and O–H groups in total. The summed E-state index contributed by atoms with van der Waals surface area (Å²) < 4.78 is 5.01. The fourth-order valence-electron chi connectivity index (χ4n) is 3.30. The maximum Gasteiger partial charge on any atom is 0.348 e. The Hall–Kier alpha value is -3.96. The van der Waals surface area contributed by atoms with Crippen molar-refractivity contribution in [2.24, 2.45) is 0 Å². The average Bonchev–Trinajstić information content (AvgIpc) is 3.19. The van der Waals surface area contributed by atoms with Crippen molar-refractivity contribution in [3.63, 3.8) is 0 Å². The Kier molecular flexibility index (Phi) is 9.20. The zero-order valence-electron chi connectivity index (χ0n) is 19.6. The van der Waals surface area contributed by atoms with E-state index in [0.717, 1.165) is 16.2 Å². The number of nitriles is 2. The van der Waals surface area contributed by atoms with Crippen molar-refractivity contribution in [2.45, 2.75) is 30.1 Å². The molecule has 0 saturated heterocycles. The standard InChI is InChI=1S/C26H18ClN3O5S2/c1-3-35-26(32)25-15(2)20(14-29)24(37-25)12-22(31)17(13-28)10-16-4-9-23(21(11-16)30(33)34)36-19-7-5-18(27)6-8-19/h4-11H,3,12H2,1-2H3/b17-10-. The maximum absolute atomic E-state index is 12.9. The number of benzene rings is 2. The molecule has 8 nitrogen and oxygen atoms in total. The van der Waals surface area contributed by atoms with Crippen molar-refractivity contribution < 1.29 is 19.2 Å². The number of esters is 1. The summed E-state index contributed by atoms with van der Waals surface area (Å²) in [6.07, 6.45) is 0.991. The first-order valence-corrected chi connectivity index (χ1v) is 12.8. The number of carbonyl (C=O) groups excluding carboxylic acids is 2. The summed E-state index contributed by atoms with van der Waals surface area (Å²) in [4.78, 5) is 38.0. The van der Waals surface area contributed by atoms with Crippen LogP contribution in [0, 0.1) is 39.7 Å². The third-order valence-corrected chi connectivity index (χ3v) is 7.66. The molecule has 1 aromatic heterocycles. The van der Waals surface area contributed by atoms with Crippen molar-refractivity contribution in [1.82, 2.24) is 0 Å². The van der Waals surface area contributed by atoms with Gasteiger partial charge in [0.1, 0.15) is 17.0 Å². The molecule has 0 aliphatic carbocycles. The minimum absolute atomic E-state index is 0.163. The second-order valence-electron chi connectivity index (χ2n) is 7.50. The molecule has 0 spiro atoms. The van der Waals surface area contributed by atoms with Gasteiger partial charge in [-0.1, -0.05) is 29.4 Å². The molecule has 3 aromatic rings. The highest BCUT2D eigenvalue weighted by Gasteiger charge is 2.24. The number of Topliss-reactive ketones (excluding diaryl/α,β-unsaturated/α-hetero) is 1. The first-order chi connectivity index (χ1) is 17.7. The summed E-state index contributed by atoms with van der Waals surface area (Å²) in [6.45, 7) is 3.42. The van der Waals surface area contributed by atoms with Gasteiger partial charge in [0.15, 0.2) is 5.78 Å². The Morgan fingerprint density at radius 3 is 2.51 bits per heavy atom. The normalized spacial score (nSPS) is 10.9. The van der Waals surface area contributed by atoms with Crippen molar-refractivity contribution in [3.05, 3.63) is 89.6 Å². The third kappa shape index (κ3) is 6.63. The fourth-order valence-corrected chi connectivity index (χ4v) is 5.48. The Balaban J connectivity index is 1.89. The number of nitrogens with zero attached hydrogens (tertiary/aromatic N) is 3. The quantitative estimate of drug-likeness (QED) is 0.0961. The fraction of sp³-hybridized carbons (Fsp3) is 0.154. The molecule has 0 aliphatic heterocycles. The molecule has 0 unspecified atom stereocenters. The minimum atomic E-state index is -0.585. The van der Waals surface area contributed by atoms with Crippen LogP contribution in [0.5, 0.6) is 0 Å². The average molecular weight is 552 g/mol. The third-order valence-electron chi connectivity index (χ3n) is 5.07. The largest absolute Gasteiger partial charge is 0.462 e. The van der Waals surface area contributed by atoms with E-state index < -0.39 is 16.7 Å². The van der Waals surface area contributed by atoms with Crippen LogP contribution in [0.1, 0.15) is 38.2 Å². The zero-order valence-corrected chi connectivity index (χ0v) is 22.0. The molecule has 11 heteroatoms. The maximum atomic E-state index is 12.9. The van der Waals surface area contributed by atoms with Gasteiger partial charge in [0, 0.05) is 27.3 Å². The van der Waals surface area contributed by atoms with E-state index in [0.29, 0.717) is 25.9 Å². The molecule has 0 amide bonds. The number of nitro groups is 1. The van der Waals surface area contributed by atoms with Crippen LogP contribution in [0.25, 0.3) is 6.08 Å². The first-order valence-electron chi connectivity index (χ1n) is 10.7. The number of halogens is 1. The number of thiophene rings is 1. The topological polar surface area (TPSA) is 134 Å². The molecule has 37 heavy (non-hydrogen) atoms. The van der Waals surface area contributed by atoms with Gasteiger partial charge in [-0.2, -0.15) is 10.5 Å². The first kappa shape index (κ1) is 27.6. The monoisotopic (exact) mass is 551 g/mol. The van der Waals surface area contributed by atoms with E-state index in [-0.39, 0.29) is 34.7 Å². The number of rotatable bonds is 9. The van der Waals surface area contributed by atoms with Gasteiger partial charge in [-0.25, -0.2) is 4.79 Å². The van der Waals surface area contributed by atoms with Gasteiger partial charge in [0.05, 0.1) is 27.6 Å². The lowest BCUT2D eigenvalue weighted by Crippen LogP contribution is -2.05. The number of allylic oxidation sites excluding steroid dienone is 1. The summed E-state index contributed by atoms with van der Waals surface area (Å²) in [5.41, 5.74) is 0.490. The van der Waals surface area contributed by atoms with Crippen molar-refractivity contribution in [3.8, 4) is 12.1 Å². The Bertz CT molecular complexity index is 1500. The summed E-state index contributed by atoms with van der Waals surface area (Å²) in [7, 11) is 0. The number of carbonyl (C=O) groups is 2. The van der Waals surface area contributed by atoms with Crippen LogP contribution >= 0.6 is 34.7 Å². The molecule has 0 radical (unpaired) electrons. The smallest absolute Gasteiger partial charge is 0.348 e. The van der Waals surface area contributed by atoms with E-state index in [4.69, 9.17) is 16.3 Å². The van der Waals surface area contributed by atoms with Gasteiger partial charge in [-0.15, -0.1) is 11.3 Å². The zero-order chi connectivity index (χ0) is 27.1. The van der Waals surface area contributed by atoms with E-state index in [9.17, 15) is 30.2 Å². The lowest BCUT2D eigenvalue weighted by Gasteiger charge is -2.05. The molecule has 0 aliphatic rings. The number of ketones is 1. The summed E-state index contributed by atoms with van der Waals surface area (Å²) in [5.74, 6) is -1.17. The molecular formula is C26H18ClN3O5S2. The minimum Gasteiger partial charge on any atom is -0.462 e. The predicted molar refractivity (Wildman–Crippen MR) is 141 cm³/mol. The number of hydrogen-bond donors (Lipinski definition) is 0. The summed E-state index contributed by atoms with van der Waals surface area (Å²) in [6, 6.07) is 15.1. The van der Waals surface area contributed by atoms with Gasteiger partial charge < -0.3 is 4.74 Å². The highest BCUT2D eigenvalue weighted by atomic mass is 35.5. The van der Waals surface area contributed by atoms with Gasteiger partial charge >= 0.3 is 5.97 Å². The van der Waals surface area contributed by atoms with Crippen LogP contribution in [0.2, 0.25) is 5.02 Å². The Morgan fingerprint density at radius 1 is 1.22 bits per heavy atom. The van der Waals surface area contributed by atoms with E-state index in [1.54, 1.807) is 50.2 Å². The molecule has 2 aromatic carbocycles. The summed E-state index contributed by atoms with van der Waals surface area (Å²) >= 11 is 8.06. The van der Waals surface area contributed by atoms with Crippen LogP contribution in [0.15, 0.2) is 57.8 Å². The van der Waals surface area contributed by atoms with Gasteiger partial charge in [-0.05, 0) is 61.4 Å². The van der Waals surface area contributed by atoms with Crippen molar-refractivity contribution >= 4 is 58.2 Å². The van der Waals surface area contributed by atoms with Crippen LogP contribution < -0.4 is 0 Å². The molecule has 0 atom stereocenters. The number of hydrogen-bond acceptors (Lipinski definition) is 9. The molecule has 1 heterocycles. The van der Waals surface area contributed by atoms with Crippen LogP contribution in [0.3, 0.4) is 0 Å². The second kappa shape index (κ2) is 12.3. The molecule has 0 bridgehead atoms. The Labute approximate surface area is 225 Å². The lowest BCUT2D eigenvalue weighted by molar-refractivity contribution is -0.387. The van der Waals surface area contributed by atoms with Crippen molar-refractivity contribution in [2.75, 3.05) is 6.61 Å². The number of ether oxygens (including phenoxy) is 1. The second-order valence-corrected chi connectivity index (χ2v) is 10.2. The molecular weight excluding hydrogens is 534 g/mol.